The van der Waals surface area contributed by atoms with Gasteiger partial charge in [0.1, 0.15) is 0 Å². The Labute approximate surface area is 105 Å². The van der Waals surface area contributed by atoms with Crippen molar-refractivity contribution >= 4 is 31.9 Å². The van der Waals surface area contributed by atoms with Crippen molar-refractivity contribution in [3.8, 4) is 0 Å². The van der Waals surface area contributed by atoms with Crippen LogP contribution in [-0.2, 0) is 0 Å². The number of hydrogen-bond acceptors (Lipinski definition) is 2. The van der Waals surface area contributed by atoms with Gasteiger partial charge in [-0.15, -0.1) is 0 Å². The van der Waals surface area contributed by atoms with Crippen molar-refractivity contribution in [3.63, 3.8) is 0 Å². The predicted molar refractivity (Wildman–Crippen MR) is 70.4 cm³/mol. The van der Waals surface area contributed by atoms with Crippen molar-refractivity contribution in [2.24, 2.45) is 0 Å². The van der Waals surface area contributed by atoms with E-state index in [2.05, 4.69) is 49.3 Å². The van der Waals surface area contributed by atoms with Crippen molar-refractivity contribution in [1.29, 1.82) is 0 Å². The molecule has 0 aliphatic carbocycles. The van der Waals surface area contributed by atoms with Crippen LogP contribution in [0.15, 0.2) is 0 Å². The summed E-state index contributed by atoms with van der Waals surface area (Å²) in [4.78, 5) is 0. The molecule has 1 aliphatic heterocycles. The number of halogens is 2. The zero-order valence-corrected chi connectivity index (χ0v) is 14.2. The molecule has 0 aromatic heterocycles. The summed E-state index contributed by atoms with van der Waals surface area (Å²) >= 11 is -3.01. The van der Waals surface area contributed by atoms with Gasteiger partial charge in [0.25, 0.3) is 0 Å². The summed E-state index contributed by atoms with van der Waals surface area (Å²) in [6, 6.07) is 0. The van der Waals surface area contributed by atoms with E-state index in [-0.39, 0.29) is 11.1 Å². The van der Waals surface area contributed by atoms with E-state index in [9.17, 15) is 0 Å². The van der Waals surface area contributed by atoms with Gasteiger partial charge in [0.05, 0.1) is 0 Å². The standard InChI is InChI=1S/C10H22Cl2GeN2/c1-7-14-8-10(5,6)15(9(2,3)4)13(14,11)12/h7-8H2,1-6H3. The van der Waals surface area contributed by atoms with Crippen LogP contribution in [0, 0.1) is 0 Å². The van der Waals surface area contributed by atoms with Crippen LogP contribution in [0.2, 0.25) is 0 Å². The third-order valence-electron chi connectivity index (χ3n) is 2.89. The number of rotatable bonds is 1. The molecule has 0 saturated carbocycles. The van der Waals surface area contributed by atoms with Gasteiger partial charge in [-0.2, -0.15) is 0 Å². The molecule has 5 heteroatoms. The molecule has 0 aromatic carbocycles. The van der Waals surface area contributed by atoms with Crippen LogP contribution in [0.3, 0.4) is 0 Å². The molecule has 0 amide bonds. The molecule has 90 valence electrons. The van der Waals surface area contributed by atoms with E-state index in [1.54, 1.807) is 0 Å². The second-order valence-corrected chi connectivity index (χ2v) is 16.7. The van der Waals surface area contributed by atoms with Crippen LogP contribution in [0.1, 0.15) is 41.5 Å². The van der Waals surface area contributed by atoms with Crippen molar-refractivity contribution < 1.29 is 0 Å². The topological polar surface area (TPSA) is 6.48 Å². The predicted octanol–water partition coefficient (Wildman–Crippen LogP) is 3.11. The van der Waals surface area contributed by atoms with Crippen LogP contribution in [0.25, 0.3) is 0 Å². The van der Waals surface area contributed by atoms with Crippen LogP contribution in [0.4, 0.5) is 0 Å². The molecule has 1 rings (SSSR count). The Hall–Kier alpha value is 1.04. The van der Waals surface area contributed by atoms with Gasteiger partial charge in [-0.05, 0) is 0 Å². The fourth-order valence-electron chi connectivity index (χ4n) is 2.75. The van der Waals surface area contributed by atoms with Gasteiger partial charge >= 0.3 is 105 Å². The van der Waals surface area contributed by atoms with Crippen LogP contribution in [-0.4, -0.2) is 43.7 Å². The third kappa shape index (κ3) is 2.49. The van der Waals surface area contributed by atoms with Gasteiger partial charge < -0.3 is 0 Å². The molecular formula is C10H22Cl2GeN2. The Morgan fingerprint density at radius 1 is 1.27 bits per heavy atom. The van der Waals surface area contributed by atoms with Gasteiger partial charge in [-0.3, -0.25) is 0 Å². The Morgan fingerprint density at radius 3 is 1.93 bits per heavy atom. The average molecular weight is 314 g/mol. The zero-order valence-electron chi connectivity index (χ0n) is 10.6. The molecule has 0 atom stereocenters. The van der Waals surface area contributed by atoms with Gasteiger partial charge in [-0.1, -0.05) is 0 Å². The van der Waals surface area contributed by atoms with Crippen molar-refractivity contribution in [1.82, 2.24) is 7.71 Å². The van der Waals surface area contributed by atoms with Crippen LogP contribution in [0.5, 0.6) is 0 Å². The molecule has 0 aromatic rings. The van der Waals surface area contributed by atoms with Gasteiger partial charge in [0.15, 0.2) is 0 Å². The first kappa shape index (κ1) is 14.1. The first-order valence-corrected chi connectivity index (χ1v) is 12.9. The SMILES string of the molecule is CC[N]1CC(C)(C)[N](C(C)(C)C)[Ge]1([Cl])[Cl]. The van der Waals surface area contributed by atoms with E-state index in [0.29, 0.717) is 0 Å². The molecule has 0 radical (unpaired) electrons. The molecule has 1 heterocycles. The second-order valence-electron chi connectivity index (χ2n) is 5.84. The molecule has 2 nitrogen and oxygen atoms in total. The molecule has 1 fully saturated rings. The van der Waals surface area contributed by atoms with E-state index < -0.39 is 11.9 Å². The normalized spacial score (nSPS) is 27.2. The first-order valence-electron chi connectivity index (χ1n) is 5.47. The maximum absolute atomic E-state index is 6.67. The Bertz CT molecular complexity index is 248. The minimum atomic E-state index is -3.01. The van der Waals surface area contributed by atoms with Crippen LogP contribution >= 0.6 is 20.0 Å². The summed E-state index contributed by atoms with van der Waals surface area (Å²) in [5, 5.41) is 0. The molecule has 0 N–H and O–H groups in total. The van der Waals surface area contributed by atoms with Crippen molar-refractivity contribution in [2.75, 3.05) is 13.1 Å². The molecule has 0 bridgehead atoms. The molecular weight excluding hydrogens is 292 g/mol. The first-order chi connectivity index (χ1) is 6.53. The van der Waals surface area contributed by atoms with E-state index in [4.69, 9.17) is 20.0 Å². The van der Waals surface area contributed by atoms with Crippen molar-refractivity contribution in [2.45, 2.75) is 52.6 Å². The zero-order chi connectivity index (χ0) is 12.1. The summed E-state index contributed by atoms with van der Waals surface area (Å²) in [5.41, 5.74) is 0.120. The fourth-order valence-corrected chi connectivity index (χ4v) is 15.6. The third-order valence-corrected chi connectivity index (χ3v) is 13.5. The maximum atomic E-state index is 6.67. The fraction of sp³-hybridized carbons (Fsp3) is 1.00. The number of nitrogens with zero attached hydrogens (tertiary/aromatic N) is 2. The van der Waals surface area contributed by atoms with Gasteiger partial charge in [0, 0.05) is 0 Å². The summed E-state index contributed by atoms with van der Waals surface area (Å²) in [6.45, 7) is 15.1. The minimum absolute atomic E-state index is 0.0386. The second kappa shape index (κ2) is 4.06. The van der Waals surface area contributed by atoms with Gasteiger partial charge in [-0.25, -0.2) is 0 Å². The Morgan fingerprint density at radius 2 is 1.73 bits per heavy atom. The molecule has 0 unspecified atom stereocenters. The number of likely N-dealkylation sites (N-methyl/N-ethyl adjacent to an activating group) is 1. The molecule has 1 aliphatic rings. The van der Waals surface area contributed by atoms with E-state index in [1.165, 1.54) is 0 Å². The van der Waals surface area contributed by atoms with Crippen molar-refractivity contribution in [3.05, 3.63) is 0 Å². The number of hydrogen-bond donors (Lipinski definition) is 0. The molecule has 0 spiro atoms. The van der Waals surface area contributed by atoms with E-state index in [1.807, 2.05) is 0 Å². The van der Waals surface area contributed by atoms with E-state index in [0.717, 1.165) is 13.1 Å². The summed E-state index contributed by atoms with van der Waals surface area (Å²) in [6.07, 6.45) is 0. The Balaban J connectivity index is 3.12. The summed E-state index contributed by atoms with van der Waals surface area (Å²) < 4.78 is 4.65. The quantitative estimate of drug-likeness (QED) is 0.686. The van der Waals surface area contributed by atoms with Gasteiger partial charge in [0.2, 0.25) is 0 Å². The molecule has 1 saturated heterocycles. The monoisotopic (exact) mass is 314 g/mol. The average Bonchev–Trinajstić information content (AvgIpc) is 2.13. The summed E-state index contributed by atoms with van der Waals surface area (Å²) in [5.74, 6) is 0. The summed E-state index contributed by atoms with van der Waals surface area (Å²) in [7, 11) is 13.3. The van der Waals surface area contributed by atoms with Crippen LogP contribution < -0.4 is 0 Å². The molecule has 15 heavy (non-hydrogen) atoms. The van der Waals surface area contributed by atoms with E-state index >= 15 is 0 Å². The Kier molecular flexibility index (Phi) is 3.81.